The van der Waals surface area contributed by atoms with Gasteiger partial charge in [0.25, 0.3) is 5.91 Å². The molecule has 0 atom stereocenters. The Balaban J connectivity index is 2.36. The van der Waals surface area contributed by atoms with Gasteiger partial charge in [0.1, 0.15) is 5.75 Å². The number of nitrogens with one attached hydrogen (secondary N) is 1. The highest BCUT2D eigenvalue weighted by atomic mass is 35.5. The van der Waals surface area contributed by atoms with Crippen LogP contribution < -0.4 is 10.1 Å². The van der Waals surface area contributed by atoms with Crippen molar-refractivity contribution in [1.29, 1.82) is 0 Å². The van der Waals surface area contributed by atoms with E-state index in [4.69, 9.17) is 11.6 Å². The maximum absolute atomic E-state index is 11.9. The summed E-state index contributed by atoms with van der Waals surface area (Å²) in [6.45, 7) is -2.29. The predicted molar refractivity (Wildman–Crippen MR) is 70.0 cm³/mol. The lowest BCUT2D eigenvalue weighted by Crippen LogP contribution is -2.24. The summed E-state index contributed by atoms with van der Waals surface area (Å²) in [5.41, 5.74) is 0.416. The smallest absolute Gasteiger partial charge is 0.387 e. The molecular weight excluding hydrogens is 276 g/mol. The van der Waals surface area contributed by atoms with Gasteiger partial charge in [0, 0.05) is 18.0 Å². The number of benzene rings is 1. The van der Waals surface area contributed by atoms with Crippen LogP contribution in [0.15, 0.2) is 24.3 Å². The van der Waals surface area contributed by atoms with Crippen LogP contribution >= 0.6 is 11.6 Å². The second-order valence-electron chi connectivity index (χ2n) is 3.91. The van der Waals surface area contributed by atoms with E-state index in [-0.39, 0.29) is 11.7 Å². The van der Waals surface area contributed by atoms with Crippen LogP contribution in [0.4, 0.5) is 8.78 Å². The lowest BCUT2D eigenvalue weighted by molar-refractivity contribution is -0.0498. The highest BCUT2D eigenvalue weighted by Gasteiger charge is 2.07. The molecule has 1 N–H and O–H groups in total. The van der Waals surface area contributed by atoms with Crippen LogP contribution in [-0.2, 0) is 0 Å². The number of halogens is 3. The summed E-state index contributed by atoms with van der Waals surface area (Å²) in [6, 6.07) is 5.58. The minimum absolute atomic E-state index is 0.0358. The Morgan fingerprint density at radius 1 is 1.21 bits per heavy atom. The van der Waals surface area contributed by atoms with Crippen molar-refractivity contribution < 1.29 is 18.3 Å². The molecule has 0 saturated carbocycles. The summed E-state index contributed by atoms with van der Waals surface area (Å²) < 4.78 is 28.1. The summed E-state index contributed by atoms with van der Waals surface area (Å²) in [7, 11) is 0. The largest absolute Gasteiger partial charge is 0.435 e. The van der Waals surface area contributed by atoms with Crippen LogP contribution in [0.25, 0.3) is 0 Å². The quantitative estimate of drug-likeness (QED) is 0.589. The highest BCUT2D eigenvalue weighted by Crippen LogP contribution is 2.14. The van der Waals surface area contributed by atoms with Gasteiger partial charge in [-0.15, -0.1) is 11.6 Å². The van der Waals surface area contributed by atoms with E-state index in [1.54, 1.807) is 0 Å². The van der Waals surface area contributed by atoms with Crippen LogP contribution in [0.1, 0.15) is 29.6 Å². The van der Waals surface area contributed by atoms with Gasteiger partial charge in [-0.05, 0) is 37.1 Å². The van der Waals surface area contributed by atoms with E-state index < -0.39 is 6.61 Å². The number of carbonyl (C=O) groups is 1. The zero-order valence-electron chi connectivity index (χ0n) is 10.4. The molecule has 6 heteroatoms. The molecule has 0 bridgehead atoms. The Morgan fingerprint density at radius 3 is 2.47 bits per heavy atom. The fourth-order valence-corrected chi connectivity index (χ4v) is 1.68. The summed E-state index contributed by atoms with van der Waals surface area (Å²) in [6.07, 6.45) is 2.76. The second-order valence-corrected chi connectivity index (χ2v) is 4.29. The van der Waals surface area contributed by atoms with Gasteiger partial charge < -0.3 is 10.1 Å². The molecule has 0 radical (unpaired) electrons. The number of hydrogen-bond donors (Lipinski definition) is 1. The van der Waals surface area contributed by atoms with Crippen LogP contribution in [0.3, 0.4) is 0 Å². The van der Waals surface area contributed by atoms with E-state index in [0.717, 1.165) is 19.3 Å². The van der Waals surface area contributed by atoms with Gasteiger partial charge in [-0.3, -0.25) is 4.79 Å². The predicted octanol–water partition coefficient (Wildman–Crippen LogP) is 3.43. The van der Waals surface area contributed by atoms with E-state index >= 15 is 0 Å². The van der Waals surface area contributed by atoms with Crippen molar-refractivity contribution in [1.82, 2.24) is 5.32 Å². The second kappa shape index (κ2) is 8.69. The molecule has 0 heterocycles. The lowest BCUT2D eigenvalue weighted by Gasteiger charge is -2.07. The van der Waals surface area contributed by atoms with Crippen molar-refractivity contribution in [2.24, 2.45) is 0 Å². The first-order valence-electron chi connectivity index (χ1n) is 6.02. The van der Waals surface area contributed by atoms with Crippen LogP contribution in [0, 0.1) is 0 Å². The molecule has 0 spiro atoms. The third-order valence-corrected chi connectivity index (χ3v) is 2.70. The zero-order chi connectivity index (χ0) is 14.1. The minimum atomic E-state index is -2.86. The first-order chi connectivity index (χ1) is 9.13. The molecule has 0 unspecified atom stereocenters. The Morgan fingerprint density at radius 2 is 1.89 bits per heavy atom. The molecule has 0 saturated heterocycles. The summed E-state index contributed by atoms with van der Waals surface area (Å²) in [5.74, 6) is 0.433. The third-order valence-electron chi connectivity index (χ3n) is 2.44. The van der Waals surface area contributed by atoms with Crippen molar-refractivity contribution in [3.05, 3.63) is 29.8 Å². The molecule has 1 aromatic rings. The van der Waals surface area contributed by atoms with Crippen molar-refractivity contribution >= 4 is 17.5 Å². The van der Waals surface area contributed by atoms with Crippen LogP contribution in [0.5, 0.6) is 5.75 Å². The zero-order valence-corrected chi connectivity index (χ0v) is 11.1. The fourth-order valence-electron chi connectivity index (χ4n) is 1.49. The number of amides is 1. The first kappa shape index (κ1) is 15.7. The van der Waals surface area contributed by atoms with Crippen LogP contribution in [0.2, 0.25) is 0 Å². The monoisotopic (exact) mass is 291 g/mol. The van der Waals surface area contributed by atoms with Gasteiger partial charge in [-0.25, -0.2) is 0 Å². The van der Waals surface area contributed by atoms with Gasteiger partial charge in [0.15, 0.2) is 0 Å². The van der Waals surface area contributed by atoms with Crippen molar-refractivity contribution in [2.45, 2.75) is 25.9 Å². The average molecular weight is 292 g/mol. The minimum Gasteiger partial charge on any atom is -0.435 e. The maximum atomic E-state index is 11.9. The number of unbranched alkanes of at least 4 members (excludes halogenated alkanes) is 2. The SMILES string of the molecule is O=C(NCCCCCCl)c1ccc(OC(F)F)cc1. The standard InChI is InChI=1S/C13H16ClF2NO2/c14-8-2-1-3-9-17-12(18)10-4-6-11(7-5-10)19-13(15)16/h4-7,13H,1-3,8-9H2,(H,17,18). The number of carbonyl (C=O) groups excluding carboxylic acids is 1. The topological polar surface area (TPSA) is 38.3 Å². The van der Waals surface area contributed by atoms with Crippen LogP contribution in [-0.4, -0.2) is 24.9 Å². The molecule has 0 aliphatic carbocycles. The maximum Gasteiger partial charge on any atom is 0.387 e. The molecule has 0 aliphatic heterocycles. The number of rotatable bonds is 8. The summed E-state index contributed by atoms with van der Waals surface area (Å²) >= 11 is 5.54. The molecular formula is C13H16ClF2NO2. The Labute approximate surface area is 115 Å². The van der Waals surface area contributed by atoms with E-state index in [2.05, 4.69) is 10.1 Å². The summed E-state index contributed by atoms with van der Waals surface area (Å²) in [5, 5.41) is 2.75. The molecule has 0 aromatic heterocycles. The van der Waals surface area contributed by atoms with Crippen molar-refractivity contribution in [3.63, 3.8) is 0 Å². The fraction of sp³-hybridized carbons (Fsp3) is 0.462. The molecule has 0 fully saturated rings. The summed E-state index contributed by atoms with van der Waals surface area (Å²) in [4.78, 5) is 11.7. The third kappa shape index (κ3) is 6.38. The number of alkyl halides is 3. The molecule has 19 heavy (non-hydrogen) atoms. The number of hydrogen-bond acceptors (Lipinski definition) is 2. The van der Waals surface area contributed by atoms with E-state index in [1.807, 2.05) is 0 Å². The highest BCUT2D eigenvalue weighted by molar-refractivity contribution is 6.17. The van der Waals surface area contributed by atoms with E-state index in [0.29, 0.717) is 18.0 Å². The Kier molecular flexibility index (Phi) is 7.18. The Hall–Kier alpha value is -1.36. The first-order valence-corrected chi connectivity index (χ1v) is 6.56. The van der Waals surface area contributed by atoms with Gasteiger partial charge in [0.2, 0.25) is 0 Å². The van der Waals surface area contributed by atoms with Gasteiger partial charge >= 0.3 is 6.61 Å². The van der Waals surface area contributed by atoms with Gasteiger partial charge in [-0.1, -0.05) is 6.42 Å². The molecule has 3 nitrogen and oxygen atoms in total. The molecule has 106 valence electrons. The van der Waals surface area contributed by atoms with Gasteiger partial charge in [-0.2, -0.15) is 8.78 Å². The van der Waals surface area contributed by atoms with E-state index in [9.17, 15) is 13.6 Å². The average Bonchev–Trinajstić information content (AvgIpc) is 2.38. The Bertz CT molecular complexity index is 385. The van der Waals surface area contributed by atoms with Crippen molar-refractivity contribution in [2.75, 3.05) is 12.4 Å². The number of ether oxygens (including phenoxy) is 1. The lowest BCUT2D eigenvalue weighted by atomic mass is 10.2. The molecule has 1 amide bonds. The normalized spacial score (nSPS) is 10.5. The van der Waals surface area contributed by atoms with E-state index in [1.165, 1.54) is 24.3 Å². The molecule has 1 aromatic carbocycles. The van der Waals surface area contributed by atoms with Gasteiger partial charge in [0.05, 0.1) is 0 Å². The molecule has 1 rings (SSSR count). The van der Waals surface area contributed by atoms with Crippen molar-refractivity contribution in [3.8, 4) is 5.75 Å². The molecule has 0 aliphatic rings.